The summed E-state index contributed by atoms with van der Waals surface area (Å²) in [5.74, 6) is -0.376. The second kappa shape index (κ2) is 6.65. The third kappa shape index (κ3) is 3.77. The van der Waals surface area contributed by atoms with E-state index in [4.69, 9.17) is 0 Å². The van der Waals surface area contributed by atoms with Crippen LogP contribution in [0.2, 0.25) is 0 Å². The quantitative estimate of drug-likeness (QED) is 0.364. The molecule has 1 heterocycles. The number of thioether (sulfide) groups is 1. The van der Waals surface area contributed by atoms with Crippen LogP contribution >= 0.6 is 11.8 Å². The average molecular weight is 339 g/mol. The number of nitro benzene ring substituents is 1. The fraction of sp³-hybridized carbons (Fsp3) is 0.308. The molecular formula is C13H15N4O5S+. The van der Waals surface area contributed by atoms with Crippen molar-refractivity contribution in [1.29, 1.82) is 0 Å². The summed E-state index contributed by atoms with van der Waals surface area (Å²) in [5, 5.41) is 15.5. The third-order valence-corrected chi connectivity index (χ3v) is 4.33. The van der Waals surface area contributed by atoms with Crippen LogP contribution in [0.5, 0.6) is 0 Å². The summed E-state index contributed by atoms with van der Waals surface area (Å²) in [6, 6.07) is 4.23. The first-order chi connectivity index (χ1) is 10.8. The molecule has 1 amide bonds. The molecule has 1 unspecified atom stereocenters. The van der Waals surface area contributed by atoms with Gasteiger partial charge in [0.2, 0.25) is 5.91 Å². The number of aromatic nitrogens is 2. The molecule has 0 saturated carbocycles. The molecule has 10 heteroatoms. The molecule has 0 radical (unpaired) electrons. The second-order valence-electron chi connectivity index (χ2n) is 4.85. The van der Waals surface area contributed by atoms with Crippen molar-refractivity contribution < 1.29 is 18.9 Å². The lowest BCUT2D eigenvalue weighted by Gasteiger charge is -2.11. The number of H-pyrrole nitrogens is 1. The number of nitro groups is 1. The molecule has 0 bridgehead atoms. The van der Waals surface area contributed by atoms with Crippen molar-refractivity contribution in [3.05, 3.63) is 44.3 Å². The molecule has 1 atom stereocenters. The van der Waals surface area contributed by atoms with Crippen molar-refractivity contribution in [2.45, 2.75) is 24.1 Å². The van der Waals surface area contributed by atoms with Crippen molar-refractivity contribution in [3.8, 4) is 0 Å². The molecule has 2 rings (SSSR count). The Kier molecular flexibility index (Phi) is 4.84. The van der Waals surface area contributed by atoms with E-state index in [1.54, 1.807) is 27.0 Å². The molecule has 0 aliphatic carbocycles. The zero-order chi connectivity index (χ0) is 17.1. The molecule has 9 nitrogen and oxygen atoms in total. The molecule has 23 heavy (non-hydrogen) atoms. The number of benzene rings is 1. The van der Waals surface area contributed by atoms with Crippen LogP contribution in [-0.4, -0.2) is 21.4 Å². The highest BCUT2D eigenvalue weighted by Gasteiger charge is 2.25. The normalized spacial score (nSPS) is 12.0. The molecule has 2 N–H and O–H groups in total. The zero-order valence-corrected chi connectivity index (χ0v) is 13.5. The number of hydrogen-bond donors (Lipinski definition) is 2. The fourth-order valence-corrected chi connectivity index (χ4v) is 2.61. The Balaban J connectivity index is 2.14. The zero-order valence-electron chi connectivity index (χ0n) is 12.7. The van der Waals surface area contributed by atoms with Gasteiger partial charge in [-0.2, -0.15) is 0 Å². The highest BCUT2D eigenvalue weighted by Crippen LogP contribution is 2.24. The highest BCUT2D eigenvalue weighted by molar-refractivity contribution is 8.00. The second-order valence-corrected chi connectivity index (χ2v) is 6.18. The third-order valence-electron chi connectivity index (χ3n) is 3.10. The van der Waals surface area contributed by atoms with Gasteiger partial charge in [-0.25, -0.2) is 4.79 Å². The lowest BCUT2D eigenvalue weighted by molar-refractivity contribution is -0.772. The Labute approximate surface area is 134 Å². The molecular weight excluding hydrogens is 324 g/mol. The van der Waals surface area contributed by atoms with Gasteiger partial charge < -0.3 is 5.32 Å². The minimum Gasteiger partial charge on any atom is -0.325 e. The van der Waals surface area contributed by atoms with Gasteiger partial charge in [0.15, 0.2) is 7.05 Å². The number of nitrogens with one attached hydrogen (secondary N) is 2. The summed E-state index contributed by atoms with van der Waals surface area (Å²) < 4.78 is 5.98. The number of nitrogens with zero attached hydrogens (tertiary/aromatic N) is 2. The van der Waals surface area contributed by atoms with Crippen LogP contribution in [-0.2, 0) is 11.8 Å². The maximum Gasteiger partial charge on any atom is 0.441 e. The van der Waals surface area contributed by atoms with Crippen LogP contribution in [0, 0.1) is 17.0 Å². The number of carbonyl (C=O) groups excluding carboxylic acids is 1. The molecule has 2 aromatic rings. The minimum absolute atomic E-state index is 0.108. The van der Waals surface area contributed by atoms with Gasteiger partial charge in [-0.1, -0.05) is 10.7 Å². The topological polar surface area (TPSA) is 122 Å². The Bertz CT molecular complexity index is 813. The molecule has 0 aliphatic heterocycles. The highest BCUT2D eigenvalue weighted by atomic mass is 32.2. The van der Waals surface area contributed by atoms with Crippen molar-refractivity contribution in [1.82, 2.24) is 5.27 Å². The van der Waals surface area contributed by atoms with Gasteiger partial charge in [0.05, 0.1) is 15.9 Å². The molecule has 122 valence electrons. The van der Waals surface area contributed by atoms with Gasteiger partial charge in [-0.15, -0.1) is 0 Å². The summed E-state index contributed by atoms with van der Waals surface area (Å²) in [6.45, 7) is 3.36. The molecule has 0 saturated heterocycles. The number of carbonyl (C=O) groups is 1. The Hall–Kier alpha value is -2.62. The molecule has 0 aliphatic rings. The lowest BCUT2D eigenvalue weighted by atomic mass is 10.2. The maximum absolute atomic E-state index is 12.2. The van der Waals surface area contributed by atoms with Gasteiger partial charge in [-0.3, -0.25) is 19.4 Å². The predicted molar refractivity (Wildman–Crippen MR) is 82.3 cm³/mol. The van der Waals surface area contributed by atoms with Gasteiger partial charge in [0, 0.05) is 12.1 Å². The average Bonchev–Trinajstić information content (AvgIpc) is 2.80. The van der Waals surface area contributed by atoms with Crippen molar-refractivity contribution >= 4 is 29.0 Å². The van der Waals surface area contributed by atoms with E-state index in [9.17, 15) is 19.7 Å². The van der Waals surface area contributed by atoms with E-state index in [1.165, 1.54) is 16.8 Å². The first-order valence-electron chi connectivity index (χ1n) is 6.59. The van der Waals surface area contributed by atoms with Gasteiger partial charge in [0.1, 0.15) is 0 Å². The largest absolute Gasteiger partial charge is 0.441 e. The SMILES string of the molecule is Cc1ccc([N+](=O)[O-])cc1NC(=O)C(C)Sc1c(=O)o[nH][n+]1C. The predicted octanol–water partition coefficient (Wildman–Crippen LogP) is 1.13. The Morgan fingerprint density at radius 2 is 2.22 bits per heavy atom. The van der Waals surface area contributed by atoms with Crippen LogP contribution in [0.4, 0.5) is 11.4 Å². The summed E-state index contributed by atoms with van der Waals surface area (Å²) in [4.78, 5) is 34.0. The first kappa shape index (κ1) is 16.7. The number of amides is 1. The number of aryl methyl sites for hydroxylation is 2. The molecule has 1 aromatic carbocycles. The molecule has 1 aromatic heterocycles. The van der Waals surface area contributed by atoms with Crippen molar-refractivity contribution in [3.63, 3.8) is 0 Å². The monoisotopic (exact) mass is 339 g/mol. The smallest absolute Gasteiger partial charge is 0.325 e. The standard InChI is InChI=1S/C13H14N4O5S/c1-7-4-5-9(17(20)21)6-10(7)14-11(18)8(2)23-12-13(19)22-15-16(12)3/h4-6,8H,1-3H3,(H-,14,15,18,19)/p+1. The van der Waals surface area contributed by atoms with E-state index in [2.05, 4.69) is 15.1 Å². The van der Waals surface area contributed by atoms with E-state index >= 15 is 0 Å². The summed E-state index contributed by atoms with van der Waals surface area (Å²) in [5.41, 5.74) is 0.391. The number of hydrogen-bond acceptors (Lipinski definition) is 6. The number of rotatable bonds is 5. The lowest BCUT2D eigenvalue weighted by Crippen LogP contribution is -2.35. The van der Waals surface area contributed by atoms with Crippen LogP contribution in [0.3, 0.4) is 0 Å². The maximum atomic E-state index is 12.2. The van der Waals surface area contributed by atoms with E-state index < -0.39 is 15.8 Å². The number of anilines is 1. The summed E-state index contributed by atoms with van der Waals surface area (Å²) >= 11 is 1.03. The van der Waals surface area contributed by atoms with Crippen LogP contribution in [0.15, 0.2) is 32.5 Å². The first-order valence-corrected chi connectivity index (χ1v) is 7.47. The molecule has 0 spiro atoms. The Morgan fingerprint density at radius 3 is 2.78 bits per heavy atom. The fourth-order valence-electron chi connectivity index (χ4n) is 1.77. The van der Waals surface area contributed by atoms with E-state index in [0.29, 0.717) is 11.3 Å². The van der Waals surface area contributed by atoms with Crippen LogP contribution in [0.1, 0.15) is 12.5 Å². The van der Waals surface area contributed by atoms with Crippen LogP contribution in [0.25, 0.3) is 0 Å². The van der Waals surface area contributed by atoms with E-state index in [0.717, 1.165) is 11.8 Å². The van der Waals surface area contributed by atoms with Gasteiger partial charge in [0.25, 0.3) is 5.69 Å². The summed E-state index contributed by atoms with van der Waals surface area (Å²) in [6.07, 6.45) is 0. The number of non-ortho nitro benzene ring substituents is 1. The molecule has 0 fully saturated rings. The van der Waals surface area contributed by atoms with E-state index in [-0.39, 0.29) is 16.6 Å². The van der Waals surface area contributed by atoms with Gasteiger partial charge in [-0.05, 0) is 36.4 Å². The van der Waals surface area contributed by atoms with Crippen molar-refractivity contribution in [2.24, 2.45) is 7.05 Å². The number of aromatic amines is 1. The Morgan fingerprint density at radius 1 is 1.52 bits per heavy atom. The van der Waals surface area contributed by atoms with Crippen molar-refractivity contribution in [2.75, 3.05) is 5.32 Å². The minimum atomic E-state index is -0.599. The van der Waals surface area contributed by atoms with E-state index in [1.807, 2.05) is 0 Å². The summed E-state index contributed by atoms with van der Waals surface area (Å²) in [7, 11) is 1.59. The van der Waals surface area contributed by atoms with Crippen LogP contribution < -0.4 is 15.6 Å². The van der Waals surface area contributed by atoms with Gasteiger partial charge >= 0.3 is 10.7 Å².